The average molecular weight is 444 g/mol. The van der Waals surface area contributed by atoms with Gasteiger partial charge >= 0.3 is 0 Å². The minimum atomic E-state index is 0.212. The van der Waals surface area contributed by atoms with E-state index >= 15 is 0 Å². The summed E-state index contributed by atoms with van der Waals surface area (Å²) in [6.45, 7) is 2.69. The highest BCUT2D eigenvalue weighted by atomic mass is 16.5. The van der Waals surface area contributed by atoms with Crippen LogP contribution in [0.4, 0.5) is 5.82 Å². The van der Waals surface area contributed by atoms with Crippen LogP contribution in [0.1, 0.15) is 18.4 Å². The Hall–Kier alpha value is -4.01. The van der Waals surface area contributed by atoms with Crippen LogP contribution in [0.3, 0.4) is 0 Å². The van der Waals surface area contributed by atoms with Gasteiger partial charge in [-0.3, -0.25) is 4.79 Å². The molecule has 0 saturated carbocycles. The number of benzene rings is 1. The van der Waals surface area contributed by atoms with E-state index in [0.717, 1.165) is 29.7 Å². The summed E-state index contributed by atoms with van der Waals surface area (Å²) in [7, 11) is 1.58. The summed E-state index contributed by atoms with van der Waals surface area (Å²) in [5.41, 5.74) is 3.34. The maximum absolute atomic E-state index is 12.0. The standard InChI is InChI=1S/C24H25N7O2/c1-33-19-10-9-18(15-25-19)22-28-23(26-14-17-6-3-2-4-7-17)21-24(29-22)31(16-27-21)13-12-30-11-5-8-20(30)32/h2-4,6-7,9-10,15-16H,5,8,11-14H2,1H3,(H,26,28,29). The molecule has 0 bridgehead atoms. The van der Waals surface area contributed by atoms with Crippen molar-refractivity contribution in [3.05, 3.63) is 60.6 Å². The number of pyridine rings is 1. The van der Waals surface area contributed by atoms with Gasteiger partial charge in [0.15, 0.2) is 17.3 Å². The average Bonchev–Trinajstić information content (AvgIpc) is 3.47. The lowest BCUT2D eigenvalue weighted by Crippen LogP contribution is -2.28. The second kappa shape index (κ2) is 9.23. The molecule has 0 aliphatic carbocycles. The van der Waals surface area contributed by atoms with E-state index in [1.54, 1.807) is 25.7 Å². The maximum Gasteiger partial charge on any atom is 0.222 e. The first kappa shape index (κ1) is 20.9. The maximum atomic E-state index is 12.0. The van der Waals surface area contributed by atoms with E-state index in [1.807, 2.05) is 33.7 Å². The van der Waals surface area contributed by atoms with Crippen LogP contribution in [-0.4, -0.2) is 55.5 Å². The second-order valence-electron chi connectivity index (χ2n) is 7.92. The smallest absolute Gasteiger partial charge is 0.222 e. The zero-order valence-corrected chi connectivity index (χ0v) is 18.4. The van der Waals surface area contributed by atoms with Crippen molar-refractivity contribution in [1.82, 2.24) is 29.4 Å². The number of fused-ring (bicyclic) bond motifs is 1. The number of rotatable bonds is 8. The number of amides is 1. The van der Waals surface area contributed by atoms with Crippen LogP contribution < -0.4 is 10.1 Å². The monoisotopic (exact) mass is 443 g/mol. The van der Waals surface area contributed by atoms with Gasteiger partial charge in [-0.15, -0.1) is 0 Å². The van der Waals surface area contributed by atoms with Crippen molar-refractivity contribution in [1.29, 1.82) is 0 Å². The number of hydrogen-bond acceptors (Lipinski definition) is 7. The van der Waals surface area contributed by atoms with Crippen LogP contribution in [0.5, 0.6) is 5.88 Å². The van der Waals surface area contributed by atoms with Crippen molar-refractivity contribution < 1.29 is 9.53 Å². The molecule has 1 N–H and O–H groups in total. The molecule has 1 fully saturated rings. The molecule has 33 heavy (non-hydrogen) atoms. The normalized spacial score (nSPS) is 13.6. The largest absolute Gasteiger partial charge is 0.481 e. The van der Waals surface area contributed by atoms with Crippen LogP contribution in [0.2, 0.25) is 0 Å². The van der Waals surface area contributed by atoms with Crippen molar-refractivity contribution in [3.8, 4) is 17.3 Å². The first-order valence-electron chi connectivity index (χ1n) is 11.0. The topological polar surface area (TPSA) is 98.1 Å². The van der Waals surface area contributed by atoms with Gasteiger partial charge in [-0.05, 0) is 18.1 Å². The highest BCUT2D eigenvalue weighted by Gasteiger charge is 2.21. The van der Waals surface area contributed by atoms with Crippen LogP contribution in [0.15, 0.2) is 55.0 Å². The Bertz CT molecular complexity index is 1260. The number of hydrogen-bond donors (Lipinski definition) is 1. The molecule has 0 unspecified atom stereocenters. The van der Waals surface area contributed by atoms with Gasteiger partial charge < -0.3 is 19.5 Å². The molecule has 1 saturated heterocycles. The van der Waals surface area contributed by atoms with Gasteiger partial charge in [0.2, 0.25) is 11.8 Å². The minimum Gasteiger partial charge on any atom is -0.481 e. The Labute approximate surface area is 191 Å². The van der Waals surface area contributed by atoms with E-state index < -0.39 is 0 Å². The van der Waals surface area contributed by atoms with E-state index in [2.05, 4.69) is 27.4 Å². The van der Waals surface area contributed by atoms with E-state index in [1.165, 1.54) is 0 Å². The molecule has 4 heterocycles. The molecule has 4 aromatic rings. The number of carbonyl (C=O) groups is 1. The Kier molecular flexibility index (Phi) is 5.84. The van der Waals surface area contributed by atoms with Crippen LogP contribution >= 0.6 is 0 Å². The van der Waals surface area contributed by atoms with E-state index in [4.69, 9.17) is 14.7 Å². The number of likely N-dealkylation sites (tertiary alicyclic amines) is 1. The lowest BCUT2D eigenvalue weighted by molar-refractivity contribution is -0.127. The number of ether oxygens (including phenoxy) is 1. The fourth-order valence-electron chi connectivity index (χ4n) is 3.94. The van der Waals surface area contributed by atoms with Crippen LogP contribution in [-0.2, 0) is 17.9 Å². The number of anilines is 1. The molecule has 9 heteroatoms. The van der Waals surface area contributed by atoms with E-state index in [0.29, 0.717) is 49.1 Å². The molecule has 1 aliphatic heterocycles. The lowest BCUT2D eigenvalue weighted by Gasteiger charge is -2.16. The van der Waals surface area contributed by atoms with Crippen molar-refractivity contribution >= 4 is 22.9 Å². The molecule has 1 aliphatic rings. The number of nitrogens with one attached hydrogen (secondary N) is 1. The third-order valence-electron chi connectivity index (χ3n) is 5.75. The van der Waals surface area contributed by atoms with Gasteiger partial charge in [0, 0.05) is 50.4 Å². The van der Waals surface area contributed by atoms with Gasteiger partial charge in [0.05, 0.1) is 13.4 Å². The van der Waals surface area contributed by atoms with E-state index in [-0.39, 0.29) is 5.91 Å². The summed E-state index contributed by atoms with van der Waals surface area (Å²) in [5, 5.41) is 3.42. The molecule has 0 spiro atoms. The molecule has 168 valence electrons. The van der Waals surface area contributed by atoms with Crippen molar-refractivity contribution in [2.24, 2.45) is 0 Å². The summed E-state index contributed by atoms with van der Waals surface area (Å²) in [5.74, 6) is 1.95. The Morgan fingerprint density at radius 3 is 2.67 bits per heavy atom. The number of nitrogens with zero attached hydrogens (tertiary/aromatic N) is 6. The SMILES string of the molecule is COc1ccc(-c2nc(NCc3ccccc3)c3ncn(CCN4CCCC4=O)c3n2)cn1. The number of carbonyl (C=O) groups excluding carboxylic acids is 1. The summed E-state index contributed by atoms with van der Waals surface area (Å²) >= 11 is 0. The third kappa shape index (κ3) is 4.48. The third-order valence-corrected chi connectivity index (χ3v) is 5.75. The van der Waals surface area contributed by atoms with Gasteiger partial charge in [-0.25, -0.2) is 19.9 Å². The summed E-state index contributed by atoms with van der Waals surface area (Å²) in [6.07, 6.45) is 5.02. The van der Waals surface area contributed by atoms with Gasteiger partial charge in [0.1, 0.15) is 5.52 Å². The molecule has 3 aromatic heterocycles. The Morgan fingerprint density at radius 1 is 1.06 bits per heavy atom. The van der Waals surface area contributed by atoms with Gasteiger partial charge in [-0.2, -0.15) is 0 Å². The highest BCUT2D eigenvalue weighted by molar-refractivity contribution is 5.85. The fourth-order valence-corrected chi connectivity index (χ4v) is 3.94. The molecule has 0 atom stereocenters. The Morgan fingerprint density at radius 2 is 1.94 bits per heavy atom. The number of imidazole rings is 1. The molecule has 9 nitrogen and oxygen atoms in total. The zero-order chi connectivity index (χ0) is 22.6. The first-order valence-corrected chi connectivity index (χ1v) is 11.0. The molecule has 0 radical (unpaired) electrons. The van der Waals surface area contributed by atoms with Gasteiger partial charge in [-0.1, -0.05) is 30.3 Å². The predicted molar refractivity (Wildman–Crippen MR) is 125 cm³/mol. The molecule has 1 amide bonds. The summed E-state index contributed by atoms with van der Waals surface area (Å²) in [4.78, 5) is 32.4. The highest BCUT2D eigenvalue weighted by Crippen LogP contribution is 2.25. The quantitative estimate of drug-likeness (QED) is 0.447. The van der Waals surface area contributed by atoms with Crippen molar-refractivity contribution in [3.63, 3.8) is 0 Å². The van der Waals surface area contributed by atoms with E-state index in [9.17, 15) is 4.79 Å². The first-order chi connectivity index (χ1) is 16.2. The second-order valence-corrected chi connectivity index (χ2v) is 7.92. The number of methoxy groups -OCH3 is 1. The molecule has 5 rings (SSSR count). The van der Waals surface area contributed by atoms with Crippen LogP contribution in [0, 0.1) is 0 Å². The fraction of sp³-hybridized carbons (Fsp3) is 0.292. The Balaban J connectivity index is 1.49. The van der Waals surface area contributed by atoms with Gasteiger partial charge in [0.25, 0.3) is 0 Å². The molecule has 1 aromatic carbocycles. The molecular formula is C24H25N7O2. The molecular weight excluding hydrogens is 418 g/mol. The predicted octanol–water partition coefficient (Wildman–Crippen LogP) is 3.13. The minimum absolute atomic E-state index is 0.212. The lowest BCUT2D eigenvalue weighted by atomic mass is 10.2. The zero-order valence-electron chi connectivity index (χ0n) is 18.4. The van der Waals surface area contributed by atoms with Crippen LogP contribution in [0.25, 0.3) is 22.6 Å². The summed E-state index contributed by atoms with van der Waals surface area (Å²) in [6, 6.07) is 13.8. The number of aromatic nitrogens is 5. The van der Waals surface area contributed by atoms with Crippen molar-refractivity contribution in [2.45, 2.75) is 25.9 Å². The summed E-state index contributed by atoms with van der Waals surface area (Å²) < 4.78 is 7.15. The van der Waals surface area contributed by atoms with Crippen molar-refractivity contribution in [2.75, 3.05) is 25.5 Å².